The van der Waals surface area contributed by atoms with E-state index in [1.807, 2.05) is 4.90 Å². The molecule has 3 fully saturated rings. The van der Waals surface area contributed by atoms with Gasteiger partial charge in [0.05, 0.1) is 12.9 Å². The highest BCUT2D eigenvalue weighted by Crippen LogP contribution is 2.44. The van der Waals surface area contributed by atoms with E-state index in [-0.39, 0.29) is 5.91 Å². The average molecular weight is 332 g/mol. The van der Waals surface area contributed by atoms with Crippen molar-refractivity contribution in [1.29, 1.82) is 0 Å². The summed E-state index contributed by atoms with van der Waals surface area (Å²) in [5.41, 5.74) is 0.318. The molecule has 1 amide bonds. The van der Waals surface area contributed by atoms with Gasteiger partial charge < -0.3 is 19.0 Å². The lowest BCUT2D eigenvalue weighted by atomic mass is 9.71. The molecule has 0 radical (unpaired) electrons. The molecule has 1 aromatic rings. The van der Waals surface area contributed by atoms with Gasteiger partial charge in [0.1, 0.15) is 0 Å². The van der Waals surface area contributed by atoms with Crippen molar-refractivity contribution < 1.29 is 13.9 Å². The number of ether oxygens (including phenoxy) is 1. The molecule has 1 aliphatic carbocycles. The van der Waals surface area contributed by atoms with E-state index >= 15 is 0 Å². The molecule has 1 atom stereocenters. The van der Waals surface area contributed by atoms with Crippen molar-refractivity contribution in [2.75, 3.05) is 46.4 Å². The highest BCUT2D eigenvalue weighted by atomic mass is 16.5. The Morgan fingerprint density at radius 2 is 2.12 bits per heavy atom. The zero-order chi connectivity index (χ0) is 16.6. The molecule has 0 N–H and O–H groups in total. The first-order chi connectivity index (χ1) is 11.7. The van der Waals surface area contributed by atoms with Gasteiger partial charge in [0, 0.05) is 38.7 Å². The molecule has 2 saturated heterocycles. The van der Waals surface area contributed by atoms with Crippen LogP contribution in [-0.2, 0) is 4.74 Å². The summed E-state index contributed by atoms with van der Waals surface area (Å²) < 4.78 is 11.3. The Morgan fingerprint density at radius 3 is 2.79 bits per heavy atom. The van der Waals surface area contributed by atoms with Crippen LogP contribution in [0.2, 0.25) is 0 Å². The van der Waals surface area contributed by atoms with Crippen LogP contribution in [-0.4, -0.2) is 62.1 Å². The van der Waals surface area contributed by atoms with Gasteiger partial charge in [-0.2, -0.15) is 0 Å². The zero-order valence-electron chi connectivity index (χ0n) is 14.6. The Hall–Kier alpha value is -1.33. The first kappa shape index (κ1) is 16.2. The van der Waals surface area contributed by atoms with Crippen LogP contribution >= 0.6 is 0 Å². The topological polar surface area (TPSA) is 45.9 Å². The van der Waals surface area contributed by atoms with Gasteiger partial charge in [-0.15, -0.1) is 0 Å². The average Bonchev–Trinajstić information content (AvgIpc) is 3.14. The van der Waals surface area contributed by atoms with Gasteiger partial charge in [0.2, 0.25) is 0 Å². The van der Waals surface area contributed by atoms with Crippen molar-refractivity contribution in [3.8, 4) is 0 Å². The SMILES string of the molecule is CN1C[C@H](COCC2CC2)C2(CCN(C(=O)c3ccco3)CC2)C1. The predicted molar refractivity (Wildman–Crippen MR) is 90.8 cm³/mol. The molecule has 2 aliphatic heterocycles. The zero-order valence-corrected chi connectivity index (χ0v) is 14.6. The summed E-state index contributed by atoms with van der Waals surface area (Å²) in [6, 6.07) is 3.53. The Kier molecular flexibility index (Phi) is 4.39. The molecule has 5 heteroatoms. The summed E-state index contributed by atoms with van der Waals surface area (Å²) in [4.78, 5) is 16.8. The largest absolute Gasteiger partial charge is 0.459 e. The maximum atomic E-state index is 12.5. The second kappa shape index (κ2) is 6.52. The van der Waals surface area contributed by atoms with Crippen molar-refractivity contribution in [3.05, 3.63) is 24.2 Å². The summed E-state index contributed by atoms with van der Waals surface area (Å²) in [6.45, 7) is 5.73. The number of amides is 1. The first-order valence-corrected chi connectivity index (χ1v) is 9.25. The second-order valence-electron chi connectivity index (χ2n) is 8.01. The summed E-state index contributed by atoms with van der Waals surface area (Å²) in [7, 11) is 2.21. The van der Waals surface area contributed by atoms with Crippen LogP contribution in [0, 0.1) is 17.3 Å². The molecule has 5 nitrogen and oxygen atoms in total. The van der Waals surface area contributed by atoms with Crippen molar-refractivity contribution in [2.24, 2.45) is 17.3 Å². The maximum Gasteiger partial charge on any atom is 0.289 e. The summed E-state index contributed by atoms with van der Waals surface area (Å²) in [5.74, 6) is 1.91. The van der Waals surface area contributed by atoms with E-state index in [0.29, 0.717) is 17.1 Å². The molecule has 1 saturated carbocycles. The molecule has 0 unspecified atom stereocenters. The number of nitrogens with zero attached hydrogens (tertiary/aromatic N) is 2. The highest BCUT2D eigenvalue weighted by molar-refractivity contribution is 5.91. The number of furan rings is 1. The molecule has 132 valence electrons. The fourth-order valence-electron chi connectivity index (χ4n) is 4.47. The quantitative estimate of drug-likeness (QED) is 0.831. The van der Waals surface area contributed by atoms with Crippen LogP contribution in [0.4, 0.5) is 0 Å². The van der Waals surface area contributed by atoms with Crippen LogP contribution in [0.15, 0.2) is 22.8 Å². The Morgan fingerprint density at radius 1 is 1.33 bits per heavy atom. The normalized spacial score (nSPS) is 27.0. The number of rotatable bonds is 5. The minimum atomic E-state index is 0.0303. The molecule has 24 heavy (non-hydrogen) atoms. The third-order valence-electron chi connectivity index (χ3n) is 6.13. The molecule has 0 aromatic carbocycles. The van der Waals surface area contributed by atoms with Gasteiger partial charge in [-0.1, -0.05) is 0 Å². The Balaban J connectivity index is 1.35. The predicted octanol–water partition coefficient (Wildman–Crippen LogP) is 2.49. The second-order valence-corrected chi connectivity index (χ2v) is 8.01. The fraction of sp³-hybridized carbons (Fsp3) is 0.737. The van der Waals surface area contributed by atoms with Crippen LogP contribution in [0.3, 0.4) is 0 Å². The lowest BCUT2D eigenvalue weighted by Gasteiger charge is -2.42. The minimum absolute atomic E-state index is 0.0303. The molecule has 4 rings (SSSR count). The van der Waals surface area contributed by atoms with Gasteiger partial charge in [-0.25, -0.2) is 0 Å². The lowest BCUT2D eigenvalue weighted by Crippen LogP contribution is -2.47. The maximum absolute atomic E-state index is 12.5. The van der Waals surface area contributed by atoms with Gasteiger partial charge in [0.25, 0.3) is 5.91 Å². The van der Waals surface area contributed by atoms with Gasteiger partial charge in [0.15, 0.2) is 5.76 Å². The molecule has 0 bridgehead atoms. The molecule has 3 heterocycles. The van der Waals surface area contributed by atoms with Crippen LogP contribution in [0.25, 0.3) is 0 Å². The third kappa shape index (κ3) is 3.24. The van der Waals surface area contributed by atoms with Crippen molar-refractivity contribution in [1.82, 2.24) is 9.80 Å². The number of piperidine rings is 1. The van der Waals surface area contributed by atoms with Crippen molar-refractivity contribution in [3.63, 3.8) is 0 Å². The monoisotopic (exact) mass is 332 g/mol. The summed E-state index contributed by atoms with van der Waals surface area (Å²) >= 11 is 0. The van der Waals surface area contributed by atoms with Crippen molar-refractivity contribution >= 4 is 5.91 Å². The van der Waals surface area contributed by atoms with Gasteiger partial charge in [-0.3, -0.25) is 4.79 Å². The van der Waals surface area contributed by atoms with Crippen LogP contribution in [0.5, 0.6) is 0 Å². The molecular weight excluding hydrogens is 304 g/mol. The van der Waals surface area contributed by atoms with E-state index in [1.54, 1.807) is 18.4 Å². The third-order valence-corrected chi connectivity index (χ3v) is 6.13. The smallest absolute Gasteiger partial charge is 0.289 e. The molecular formula is C19H28N2O3. The number of hydrogen-bond acceptors (Lipinski definition) is 4. The van der Waals surface area contributed by atoms with Crippen LogP contribution < -0.4 is 0 Å². The molecule has 1 aromatic heterocycles. The number of carbonyl (C=O) groups is 1. The number of hydrogen-bond donors (Lipinski definition) is 0. The molecule has 1 spiro atoms. The van der Waals surface area contributed by atoms with E-state index in [1.165, 1.54) is 12.8 Å². The van der Waals surface area contributed by atoms with E-state index in [0.717, 1.165) is 58.2 Å². The number of likely N-dealkylation sites (tertiary alicyclic amines) is 2. The van der Waals surface area contributed by atoms with Gasteiger partial charge in [-0.05, 0) is 56.2 Å². The van der Waals surface area contributed by atoms with Crippen molar-refractivity contribution in [2.45, 2.75) is 25.7 Å². The minimum Gasteiger partial charge on any atom is -0.459 e. The van der Waals surface area contributed by atoms with Crippen LogP contribution in [0.1, 0.15) is 36.2 Å². The van der Waals surface area contributed by atoms with E-state index < -0.39 is 0 Å². The highest BCUT2D eigenvalue weighted by Gasteiger charge is 2.47. The number of carbonyl (C=O) groups excluding carboxylic acids is 1. The van der Waals surface area contributed by atoms with E-state index in [9.17, 15) is 4.79 Å². The lowest BCUT2D eigenvalue weighted by molar-refractivity contribution is 0.0171. The Labute approximate surface area is 143 Å². The molecule has 3 aliphatic rings. The van der Waals surface area contributed by atoms with E-state index in [4.69, 9.17) is 9.15 Å². The Bertz CT molecular complexity index is 559. The summed E-state index contributed by atoms with van der Waals surface area (Å²) in [6.07, 6.45) is 6.40. The van der Waals surface area contributed by atoms with E-state index in [2.05, 4.69) is 11.9 Å². The first-order valence-electron chi connectivity index (χ1n) is 9.25. The van der Waals surface area contributed by atoms with Gasteiger partial charge >= 0.3 is 0 Å². The standard InChI is InChI=1S/C19H28N2O3/c1-20-11-16(13-23-12-15-4-5-15)19(14-20)6-8-21(9-7-19)18(22)17-3-2-10-24-17/h2-3,10,15-16H,4-9,11-14H2,1H3/t16-/m1/s1. The fourth-order valence-corrected chi connectivity index (χ4v) is 4.47. The summed E-state index contributed by atoms with van der Waals surface area (Å²) in [5, 5.41) is 0.